The fourth-order valence-electron chi connectivity index (χ4n) is 0.849. The van der Waals surface area contributed by atoms with Crippen LogP contribution < -0.4 is 5.73 Å². The molecule has 0 aromatic heterocycles. The normalized spacial score (nSPS) is 9.55. The van der Waals surface area contributed by atoms with Gasteiger partial charge in [-0.1, -0.05) is 23.7 Å². The summed E-state index contributed by atoms with van der Waals surface area (Å²) in [7, 11) is 0. The third-order valence-corrected chi connectivity index (χ3v) is 1.78. The minimum absolute atomic E-state index is 0.326. The maximum atomic E-state index is 10.1. The van der Waals surface area contributed by atoms with Crippen molar-refractivity contribution in [3.05, 3.63) is 28.8 Å². The molecule has 0 unspecified atom stereocenters. The van der Waals surface area contributed by atoms with Crippen LogP contribution in [0.2, 0.25) is 5.02 Å². The first-order chi connectivity index (χ1) is 5.25. The highest BCUT2D eigenvalue weighted by Gasteiger charge is 2.00. The summed E-state index contributed by atoms with van der Waals surface area (Å²) in [5, 5.41) is 0.504. The minimum Gasteiger partial charge on any atom is -0.397 e. The third kappa shape index (κ3) is 1.71. The van der Waals surface area contributed by atoms with Crippen LogP contribution >= 0.6 is 11.6 Å². The summed E-state index contributed by atoms with van der Waals surface area (Å²) in [6.07, 6.45) is 1.13. The van der Waals surface area contributed by atoms with Crippen LogP contribution in [0.5, 0.6) is 0 Å². The van der Waals surface area contributed by atoms with E-state index in [4.69, 9.17) is 17.3 Å². The molecule has 0 amide bonds. The average molecular weight is 170 g/mol. The molecule has 1 aromatic rings. The highest BCUT2D eigenvalue weighted by Crippen LogP contribution is 2.21. The monoisotopic (exact) mass is 169 g/mol. The number of carbonyl (C=O) groups is 1. The van der Waals surface area contributed by atoms with E-state index in [1.54, 1.807) is 18.2 Å². The van der Waals surface area contributed by atoms with Crippen molar-refractivity contribution in [2.24, 2.45) is 0 Å². The van der Waals surface area contributed by atoms with Crippen LogP contribution in [0.25, 0.3) is 0 Å². The van der Waals surface area contributed by atoms with Crippen LogP contribution in [-0.2, 0) is 11.2 Å². The number of hydrogen-bond acceptors (Lipinski definition) is 2. The minimum atomic E-state index is 0.326. The number of hydrogen-bond donors (Lipinski definition) is 1. The SMILES string of the molecule is Nc1c(Cl)cccc1CC=O. The van der Waals surface area contributed by atoms with Crippen LogP contribution in [0.4, 0.5) is 5.69 Å². The summed E-state index contributed by atoms with van der Waals surface area (Å²) in [5.41, 5.74) is 6.86. The van der Waals surface area contributed by atoms with E-state index in [0.29, 0.717) is 17.1 Å². The summed E-state index contributed by atoms with van der Waals surface area (Å²) < 4.78 is 0. The summed E-state index contributed by atoms with van der Waals surface area (Å²) >= 11 is 5.71. The number of nitrogen functional groups attached to an aromatic ring is 1. The number of para-hydroxylation sites is 1. The zero-order chi connectivity index (χ0) is 8.27. The van der Waals surface area contributed by atoms with E-state index in [1.165, 1.54) is 0 Å². The molecule has 0 saturated heterocycles. The number of nitrogens with two attached hydrogens (primary N) is 1. The smallest absolute Gasteiger partial charge is 0.124 e. The van der Waals surface area contributed by atoms with E-state index in [-0.39, 0.29) is 0 Å². The van der Waals surface area contributed by atoms with Crippen LogP contribution in [0.3, 0.4) is 0 Å². The Morgan fingerprint density at radius 1 is 1.55 bits per heavy atom. The van der Waals surface area contributed by atoms with Crippen LogP contribution in [0.15, 0.2) is 18.2 Å². The van der Waals surface area contributed by atoms with E-state index < -0.39 is 0 Å². The zero-order valence-electron chi connectivity index (χ0n) is 5.88. The molecular weight excluding hydrogens is 162 g/mol. The van der Waals surface area contributed by atoms with Gasteiger partial charge in [0, 0.05) is 6.42 Å². The molecule has 0 atom stereocenters. The molecule has 58 valence electrons. The average Bonchev–Trinajstić information content (AvgIpc) is 1.99. The first-order valence-corrected chi connectivity index (χ1v) is 3.60. The summed E-state index contributed by atoms with van der Waals surface area (Å²) in [6, 6.07) is 5.26. The van der Waals surface area contributed by atoms with Gasteiger partial charge in [0.2, 0.25) is 0 Å². The van der Waals surface area contributed by atoms with Crippen LogP contribution in [-0.4, -0.2) is 6.29 Å². The van der Waals surface area contributed by atoms with Crippen molar-refractivity contribution in [2.75, 3.05) is 5.73 Å². The van der Waals surface area contributed by atoms with E-state index in [0.717, 1.165) is 11.8 Å². The number of benzene rings is 1. The quantitative estimate of drug-likeness (QED) is 0.541. The molecular formula is C8H8ClNO. The summed E-state index contributed by atoms with van der Waals surface area (Å²) in [4.78, 5) is 10.1. The van der Waals surface area contributed by atoms with Gasteiger partial charge in [-0.3, -0.25) is 0 Å². The topological polar surface area (TPSA) is 43.1 Å². The molecule has 0 heterocycles. The van der Waals surface area contributed by atoms with Gasteiger partial charge >= 0.3 is 0 Å². The van der Waals surface area contributed by atoms with Gasteiger partial charge in [-0.2, -0.15) is 0 Å². The Morgan fingerprint density at radius 3 is 2.91 bits per heavy atom. The van der Waals surface area contributed by atoms with Crippen molar-refractivity contribution in [1.82, 2.24) is 0 Å². The fourth-order valence-corrected chi connectivity index (χ4v) is 1.04. The summed E-state index contributed by atoms with van der Waals surface area (Å²) in [5.74, 6) is 0. The summed E-state index contributed by atoms with van der Waals surface area (Å²) in [6.45, 7) is 0. The van der Waals surface area contributed by atoms with E-state index in [1.807, 2.05) is 0 Å². The van der Waals surface area contributed by atoms with Crippen molar-refractivity contribution < 1.29 is 4.79 Å². The molecule has 1 aromatic carbocycles. The number of carbonyl (C=O) groups excluding carboxylic acids is 1. The second kappa shape index (κ2) is 3.39. The molecule has 0 aliphatic rings. The van der Waals surface area contributed by atoms with Gasteiger partial charge in [0.15, 0.2) is 0 Å². The lowest BCUT2D eigenvalue weighted by Gasteiger charge is -2.01. The Balaban J connectivity index is 3.05. The van der Waals surface area contributed by atoms with Crippen molar-refractivity contribution in [1.29, 1.82) is 0 Å². The molecule has 0 aliphatic heterocycles. The molecule has 11 heavy (non-hydrogen) atoms. The predicted molar refractivity (Wildman–Crippen MR) is 45.6 cm³/mol. The standard InChI is InChI=1S/C8H8ClNO/c9-7-3-1-2-6(4-5-11)8(7)10/h1-3,5H,4,10H2. The molecule has 0 spiro atoms. The Morgan fingerprint density at radius 2 is 2.27 bits per heavy atom. The highest BCUT2D eigenvalue weighted by molar-refractivity contribution is 6.33. The van der Waals surface area contributed by atoms with Crippen LogP contribution in [0.1, 0.15) is 5.56 Å². The van der Waals surface area contributed by atoms with Crippen molar-refractivity contribution in [3.63, 3.8) is 0 Å². The lowest BCUT2D eigenvalue weighted by atomic mass is 10.1. The Labute approximate surface area is 70.0 Å². The highest BCUT2D eigenvalue weighted by atomic mass is 35.5. The maximum Gasteiger partial charge on any atom is 0.124 e. The second-order valence-electron chi connectivity index (χ2n) is 2.18. The van der Waals surface area contributed by atoms with Gasteiger partial charge in [0.1, 0.15) is 6.29 Å². The molecule has 0 radical (unpaired) electrons. The maximum absolute atomic E-state index is 10.1. The first kappa shape index (κ1) is 8.08. The molecule has 2 nitrogen and oxygen atoms in total. The number of aldehydes is 1. The van der Waals surface area contributed by atoms with Crippen molar-refractivity contribution >= 4 is 23.6 Å². The third-order valence-electron chi connectivity index (χ3n) is 1.45. The molecule has 0 saturated carbocycles. The number of anilines is 1. The first-order valence-electron chi connectivity index (χ1n) is 3.22. The Bertz CT molecular complexity index is 273. The molecule has 0 fully saturated rings. The van der Waals surface area contributed by atoms with Gasteiger partial charge in [0.05, 0.1) is 10.7 Å². The largest absolute Gasteiger partial charge is 0.397 e. The van der Waals surface area contributed by atoms with Crippen molar-refractivity contribution in [3.8, 4) is 0 Å². The second-order valence-corrected chi connectivity index (χ2v) is 2.59. The van der Waals surface area contributed by atoms with Gasteiger partial charge in [-0.15, -0.1) is 0 Å². The Kier molecular flexibility index (Phi) is 2.49. The number of rotatable bonds is 2. The zero-order valence-corrected chi connectivity index (χ0v) is 6.64. The molecule has 0 aliphatic carbocycles. The molecule has 2 N–H and O–H groups in total. The van der Waals surface area contributed by atoms with Gasteiger partial charge in [-0.05, 0) is 11.6 Å². The molecule has 1 rings (SSSR count). The van der Waals surface area contributed by atoms with Gasteiger partial charge < -0.3 is 10.5 Å². The molecule has 3 heteroatoms. The van der Waals surface area contributed by atoms with Gasteiger partial charge in [0.25, 0.3) is 0 Å². The lowest BCUT2D eigenvalue weighted by Crippen LogP contribution is -1.95. The lowest BCUT2D eigenvalue weighted by molar-refractivity contribution is -0.107. The Hall–Kier alpha value is -1.02. The van der Waals surface area contributed by atoms with E-state index in [9.17, 15) is 4.79 Å². The number of halogens is 1. The molecule has 0 bridgehead atoms. The predicted octanol–water partition coefficient (Wildman–Crippen LogP) is 1.66. The van der Waals surface area contributed by atoms with Crippen LogP contribution in [0, 0.1) is 0 Å². The van der Waals surface area contributed by atoms with Gasteiger partial charge in [-0.25, -0.2) is 0 Å². The fraction of sp³-hybridized carbons (Fsp3) is 0.125. The van der Waals surface area contributed by atoms with E-state index >= 15 is 0 Å². The van der Waals surface area contributed by atoms with Crippen molar-refractivity contribution in [2.45, 2.75) is 6.42 Å². The van der Waals surface area contributed by atoms with E-state index in [2.05, 4.69) is 0 Å².